The summed E-state index contributed by atoms with van der Waals surface area (Å²) < 4.78 is 91.4. The highest BCUT2D eigenvalue weighted by Gasteiger charge is 2.29. The van der Waals surface area contributed by atoms with Crippen LogP contribution in [0.15, 0.2) is 61.1 Å². The van der Waals surface area contributed by atoms with Crippen molar-refractivity contribution in [2.45, 2.75) is 32.3 Å². The van der Waals surface area contributed by atoms with Gasteiger partial charge in [0.25, 0.3) is 0 Å². The number of aromatic nitrogens is 6. The Hall–Kier alpha value is -4.96. The van der Waals surface area contributed by atoms with Crippen LogP contribution in [0.3, 0.4) is 0 Å². The molecule has 5 aromatic rings. The van der Waals surface area contributed by atoms with Crippen LogP contribution in [0.1, 0.15) is 33.3 Å². The summed E-state index contributed by atoms with van der Waals surface area (Å²) in [7, 11) is 0. The van der Waals surface area contributed by atoms with Gasteiger partial charge < -0.3 is 13.9 Å². The van der Waals surface area contributed by atoms with E-state index in [0.717, 1.165) is 39.9 Å². The molecule has 0 aliphatic carbocycles. The molecule has 0 aliphatic rings. The Morgan fingerprint density at radius 2 is 1.78 bits per heavy atom. The van der Waals surface area contributed by atoms with Crippen molar-refractivity contribution in [1.29, 1.82) is 0 Å². The number of hydrogen-bond donors (Lipinski definition) is 2. The van der Waals surface area contributed by atoms with Gasteiger partial charge in [0.05, 0.1) is 24.3 Å². The molecule has 0 saturated carbocycles. The highest BCUT2D eigenvalue weighted by molar-refractivity contribution is 6.30. The summed E-state index contributed by atoms with van der Waals surface area (Å²) >= 11 is 5.76. The molecule has 10 nitrogen and oxygen atoms in total. The molecule has 17 heteroatoms. The minimum Gasteiger partial charge on any atom is -0.473 e. The van der Waals surface area contributed by atoms with E-state index >= 15 is 8.78 Å². The molecule has 1 amide bonds. The summed E-state index contributed by atoms with van der Waals surface area (Å²) in [5.74, 6) is 1.57. The van der Waals surface area contributed by atoms with Gasteiger partial charge in [-0.15, -0.1) is 10.2 Å². The van der Waals surface area contributed by atoms with Crippen LogP contribution < -0.4 is 16.0 Å². The molecule has 3 N–H and O–H groups in total. The van der Waals surface area contributed by atoms with Crippen molar-refractivity contribution in [1.82, 2.24) is 34.7 Å². The summed E-state index contributed by atoms with van der Waals surface area (Å²) in [6, 6.07) is 10.2. The van der Waals surface area contributed by atoms with E-state index in [4.69, 9.17) is 22.2 Å². The van der Waals surface area contributed by atoms with E-state index in [1.54, 1.807) is 0 Å². The van der Waals surface area contributed by atoms with Crippen LogP contribution in [0.4, 0.5) is 26.3 Å². The smallest absolute Gasteiger partial charge is 0.406 e. The third-order valence-corrected chi connectivity index (χ3v) is 6.74. The molecule has 0 fully saturated rings. The van der Waals surface area contributed by atoms with Crippen molar-refractivity contribution >= 4 is 17.5 Å². The van der Waals surface area contributed by atoms with E-state index in [1.807, 2.05) is 5.43 Å². The highest BCUT2D eigenvalue weighted by atomic mass is 35.5. The molecule has 0 atom stereocenters. The average Bonchev–Trinajstić information content (AvgIpc) is 3.59. The Labute approximate surface area is 255 Å². The molecule has 3 heterocycles. The summed E-state index contributed by atoms with van der Waals surface area (Å²) in [6.45, 7) is -1.91. The van der Waals surface area contributed by atoms with Crippen LogP contribution in [0.2, 0.25) is 5.02 Å². The SMILES string of the molecule is NNC(=O)c1nnc(Cc2cc(F)c(-c3cccc(OCc4ccc(Cl)cc4F)n3)cc2F)n1Cc1cncn1CC(F)(F)F. The number of carbonyl (C=O) groups excluding carboxylic acids is 1. The second-order valence-corrected chi connectivity index (χ2v) is 10.0. The predicted octanol–water partition coefficient (Wildman–Crippen LogP) is 4.99. The zero-order valence-corrected chi connectivity index (χ0v) is 23.6. The molecule has 45 heavy (non-hydrogen) atoms. The number of imidazole rings is 1. The summed E-state index contributed by atoms with van der Waals surface area (Å²) in [6.07, 6.45) is -2.83. The minimum atomic E-state index is -4.56. The first-order valence-corrected chi connectivity index (χ1v) is 13.3. The number of hydrogen-bond acceptors (Lipinski definition) is 7. The van der Waals surface area contributed by atoms with Crippen LogP contribution in [-0.2, 0) is 26.1 Å². The van der Waals surface area contributed by atoms with Gasteiger partial charge in [-0.2, -0.15) is 13.2 Å². The van der Waals surface area contributed by atoms with E-state index in [1.165, 1.54) is 30.3 Å². The van der Waals surface area contributed by atoms with E-state index in [2.05, 4.69) is 20.2 Å². The molecule has 234 valence electrons. The number of pyridine rings is 1. The molecule has 0 unspecified atom stereocenters. The second-order valence-electron chi connectivity index (χ2n) is 9.61. The van der Waals surface area contributed by atoms with Gasteiger partial charge in [0, 0.05) is 34.8 Å². The molecule has 0 aliphatic heterocycles. The van der Waals surface area contributed by atoms with Gasteiger partial charge in [-0.25, -0.2) is 29.0 Å². The van der Waals surface area contributed by atoms with Crippen molar-refractivity contribution in [3.63, 3.8) is 0 Å². The predicted molar refractivity (Wildman–Crippen MR) is 147 cm³/mol. The average molecular weight is 651 g/mol. The lowest BCUT2D eigenvalue weighted by atomic mass is 10.0. The number of ether oxygens (including phenoxy) is 1. The van der Waals surface area contributed by atoms with Crippen molar-refractivity contribution in [3.05, 3.63) is 112 Å². The van der Waals surface area contributed by atoms with Crippen LogP contribution in [0, 0.1) is 17.5 Å². The van der Waals surface area contributed by atoms with Crippen molar-refractivity contribution < 1.29 is 35.9 Å². The van der Waals surface area contributed by atoms with E-state index in [9.17, 15) is 22.4 Å². The minimum absolute atomic E-state index is 0.0225. The van der Waals surface area contributed by atoms with Crippen LogP contribution >= 0.6 is 11.6 Å². The number of nitrogens with zero attached hydrogens (tertiary/aromatic N) is 6. The number of benzene rings is 2. The fourth-order valence-electron chi connectivity index (χ4n) is 4.37. The largest absolute Gasteiger partial charge is 0.473 e. The fourth-order valence-corrected chi connectivity index (χ4v) is 4.53. The topological polar surface area (TPSA) is 126 Å². The number of nitrogens with two attached hydrogens (primary N) is 1. The van der Waals surface area contributed by atoms with Crippen molar-refractivity contribution in [3.8, 4) is 17.1 Å². The molecule has 5 rings (SSSR count). The number of alkyl halides is 3. The van der Waals surface area contributed by atoms with Gasteiger partial charge in [-0.1, -0.05) is 23.7 Å². The maximum Gasteiger partial charge on any atom is 0.406 e. The third-order valence-electron chi connectivity index (χ3n) is 6.50. The van der Waals surface area contributed by atoms with Crippen LogP contribution in [0.5, 0.6) is 5.88 Å². The zero-order valence-electron chi connectivity index (χ0n) is 22.8. The normalized spacial score (nSPS) is 11.6. The first-order chi connectivity index (χ1) is 21.4. The summed E-state index contributed by atoms with van der Waals surface area (Å²) in [5.41, 5.74) is 1.73. The Kier molecular flexibility index (Phi) is 9.06. The number of amides is 1. The van der Waals surface area contributed by atoms with Gasteiger partial charge in [-0.3, -0.25) is 10.2 Å². The van der Waals surface area contributed by atoms with Gasteiger partial charge in [0.2, 0.25) is 11.7 Å². The van der Waals surface area contributed by atoms with E-state index in [0.29, 0.717) is 0 Å². The molecule has 0 saturated heterocycles. The maximum atomic E-state index is 15.4. The van der Waals surface area contributed by atoms with Gasteiger partial charge in [0.15, 0.2) is 0 Å². The quantitative estimate of drug-likeness (QED) is 0.0944. The lowest BCUT2D eigenvalue weighted by Crippen LogP contribution is -2.33. The third kappa shape index (κ3) is 7.41. The second kappa shape index (κ2) is 13.0. The molecule has 3 aromatic heterocycles. The first kappa shape index (κ1) is 31.5. The van der Waals surface area contributed by atoms with Crippen LogP contribution in [-0.4, -0.2) is 41.4 Å². The maximum absolute atomic E-state index is 15.4. The molecule has 0 radical (unpaired) electrons. The van der Waals surface area contributed by atoms with E-state index in [-0.39, 0.29) is 63.8 Å². The summed E-state index contributed by atoms with van der Waals surface area (Å²) in [4.78, 5) is 20.2. The van der Waals surface area contributed by atoms with Crippen molar-refractivity contribution in [2.24, 2.45) is 5.84 Å². The molecule has 2 aromatic carbocycles. The van der Waals surface area contributed by atoms with Gasteiger partial charge in [-0.05, 0) is 35.9 Å². The van der Waals surface area contributed by atoms with Gasteiger partial charge >= 0.3 is 12.1 Å². The number of carbonyl (C=O) groups is 1. The Bertz CT molecular complexity index is 1860. The monoisotopic (exact) mass is 650 g/mol. The van der Waals surface area contributed by atoms with Gasteiger partial charge in [0.1, 0.15) is 36.4 Å². The number of nitrogens with one attached hydrogen (secondary N) is 1. The van der Waals surface area contributed by atoms with Crippen molar-refractivity contribution in [2.75, 3.05) is 0 Å². The number of hydrazine groups is 1. The number of rotatable bonds is 10. The molecule has 0 bridgehead atoms. The lowest BCUT2D eigenvalue weighted by Gasteiger charge is -2.14. The van der Waals surface area contributed by atoms with E-state index < -0.39 is 42.5 Å². The Morgan fingerprint density at radius 3 is 2.51 bits per heavy atom. The number of halogens is 7. The summed E-state index contributed by atoms with van der Waals surface area (Å²) in [5, 5.41) is 7.84. The number of nitrogen functional groups attached to an aromatic ring is 1. The highest BCUT2D eigenvalue weighted by Crippen LogP contribution is 2.28. The molecular formula is C28H21ClF6N8O2. The fraction of sp³-hybridized carbons (Fsp3) is 0.179. The molecule has 0 spiro atoms. The Morgan fingerprint density at radius 1 is 1.00 bits per heavy atom. The zero-order chi connectivity index (χ0) is 32.3. The standard InChI is InChI=1S/C28H21ClF6N8O2/c29-17-5-4-15(20(30)8-17)12-45-25-3-1-2-23(38-25)19-9-21(31)16(6-22(19)32)7-24-40-41-26(27(44)39-36)43(24)11-18-10-37-14-42(18)13-28(33,34)35/h1-6,8-10,14H,7,11-13,36H2,(H,39,44). The lowest BCUT2D eigenvalue weighted by molar-refractivity contribution is -0.141. The van der Waals surface area contributed by atoms with Crippen LogP contribution in [0.25, 0.3) is 11.3 Å². The first-order valence-electron chi connectivity index (χ1n) is 12.9. The Balaban J connectivity index is 1.40. The molecular weight excluding hydrogens is 630 g/mol.